The fourth-order valence-corrected chi connectivity index (χ4v) is 3.56. The van der Waals surface area contributed by atoms with Crippen molar-refractivity contribution in [1.82, 2.24) is 0 Å². The van der Waals surface area contributed by atoms with E-state index in [0.29, 0.717) is 17.4 Å². The molecule has 1 heterocycles. The minimum atomic E-state index is -0.327. The van der Waals surface area contributed by atoms with Crippen molar-refractivity contribution in [3.8, 4) is 0 Å². The first-order valence-electron chi connectivity index (χ1n) is 6.98. The molecule has 1 atom stereocenters. The summed E-state index contributed by atoms with van der Waals surface area (Å²) in [5, 5.41) is 0.470. The third-order valence-electron chi connectivity index (χ3n) is 3.58. The van der Waals surface area contributed by atoms with Gasteiger partial charge in [-0.25, -0.2) is 4.39 Å². The Morgan fingerprint density at radius 2 is 1.90 bits per heavy atom. The SMILES string of the molecule is C[C@H]1CCN(C(=O)c2ccc(F)cc2)c2ccccc2S1. The maximum absolute atomic E-state index is 13.0. The standard InChI is InChI=1S/C17H16FNOS/c1-12-10-11-19(15-4-2-3-5-16(15)21-12)17(20)13-6-8-14(18)9-7-13/h2-9,12H,10-11H2,1H3/t12-/m0/s1. The minimum Gasteiger partial charge on any atom is -0.307 e. The van der Waals surface area contributed by atoms with E-state index in [0.717, 1.165) is 17.0 Å². The molecule has 3 rings (SSSR count). The Labute approximate surface area is 128 Å². The molecule has 2 aromatic rings. The highest BCUT2D eigenvalue weighted by atomic mass is 32.2. The van der Waals surface area contributed by atoms with Gasteiger partial charge in [-0.15, -0.1) is 11.8 Å². The summed E-state index contributed by atoms with van der Waals surface area (Å²) in [5.41, 5.74) is 1.46. The Morgan fingerprint density at radius 3 is 2.67 bits per heavy atom. The van der Waals surface area contributed by atoms with Crippen molar-refractivity contribution in [2.75, 3.05) is 11.4 Å². The predicted molar refractivity (Wildman–Crippen MR) is 84.5 cm³/mol. The lowest BCUT2D eigenvalue weighted by atomic mass is 10.1. The van der Waals surface area contributed by atoms with Gasteiger partial charge in [0.15, 0.2) is 0 Å². The van der Waals surface area contributed by atoms with Crippen LogP contribution in [-0.2, 0) is 0 Å². The van der Waals surface area contributed by atoms with Crippen molar-refractivity contribution in [2.45, 2.75) is 23.5 Å². The van der Waals surface area contributed by atoms with Crippen LogP contribution in [0, 0.1) is 5.82 Å². The second-order valence-corrected chi connectivity index (χ2v) is 6.63. The van der Waals surface area contributed by atoms with E-state index in [9.17, 15) is 9.18 Å². The fraction of sp³-hybridized carbons (Fsp3) is 0.235. The zero-order valence-corrected chi connectivity index (χ0v) is 12.6. The minimum absolute atomic E-state index is 0.0721. The Bertz CT molecular complexity index is 656. The lowest BCUT2D eigenvalue weighted by Gasteiger charge is -2.22. The fourth-order valence-electron chi connectivity index (χ4n) is 2.45. The predicted octanol–water partition coefficient (Wildman–Crippen LogP) is 4.36. The zero-order valence-electron chi connectivity index (χ0n) is 11.8. The zero-order chi connectivity index (χ0) is 14.8. The van der Waals surface area contributed by atoms with Gasteiger partial charge in [-0.1, -0.05) is 19.1 Å². The van der Waals surface area contributed by atoms with Gasteiger partial charge in [0.05, 0.1) is 5.69 Å². The number of hydrogen-bond acceptors (Lipinski definition) is 2. The molecule has 0 fully saturated rings. The van der Waals surface area contributed by atoms with Crippen molar-refractivity contribution in [3.05, 3.63) is 59.9 Å². The topological polar surface area (TPSA) is 20.3 Å². The number of benzene rings is 2. The van der Waals surface area contributed by atoms with Crippen molar-refractivity contribution < 1.29 is 9.18 Å². The molecule has 1 aliphatic rings. The number of para-hydroxylation sites is 1. The van der Waals surface area contributed by atoms with Gasteiger partial charge in [0.2, 0.25) is 0 Å². The van der Waals surface area contributed by atoms with Crippen LogP contribution in [0.3, 0.4) is 0 Å². The van der Waals surface area contributed by atoms with Crippen LogP contribution in [0.1, 0.15) is 23.7 Å². The number of carbonyl (C=O) groups is 1. The number of thioether (sulfide) groups is 1. The van der Waals surface area contributed by atoms with Gasteiger partial charge in [-0.3, -0.25) is 4.79 Å². The number of nitrogens with zero attached hydrogens (tertiary/aromatic N) is 1. The molecule has 0 spiro atoms. The van der Waals surface area contributed by atoms with Gasteiger partial charge in [-0.2, -0.15) is 0 Å². The van der Waals surface area contributed by atoms with Gasteiger partial charge in [0, 0.05) is 22.3 Å². The molecular formula is C17H16FNOS. The maximum atomic E-state index is 13.0. The first kappa shape index (κ1) is 14.1. The number of carbonyl (C=O) groups excluding carboxylic acids is 1. The first-order valence-corrected chi connectivity index (χ1v) is 7.86. The van der Waals surface area contributed by atoms with E-state index in [-0.39, 0.29) is 11.7 Å². The first-order chi connectivity index (χ1) is 10.1. The van der Waals surface area contributed by atoms with Gasteiger partial charge >= 0.3 is 0 Å². The van der Waals surface area contributed by atoms with Crippen molar-refractivity contribution in [1.29, 1.82) is 0 Å². The molecule has 0 N–H and O–H groups in total. The summed E-state index contributed by atoms with van der Waals surface area (Å²) in [5.74, 6) is -0.399. The smallest absolute Gasteiger partial charge is 0.258 e. The van der Waals surface area contributed by atoms with Crippen molar-refractivity contribution in [3.63, 3.8) is 0 Å². The Balaban J connectivity index is 1.97. The van der Waals surface area contributed by atoms with Crippen LogP contribution in [0.4, 0.5) is 10.1 Å². The van der Waals surface area contributed by atoms with E-state index in [1.54, 1.807) is 28.8 Å². The summed E-state index contributed by atoms with van der Waals surface area (Å²) in [6.45, 7) is 2.86. The van der Waals surface area contributed by atoms with E-state index in [1.807, 2.05) is 24.3 Å². The van der Waals surface area contributed by atoms with Crippen LogP contribution >= 0.6 is 11.8 Å². The summed E-state index contributed by atoms with van der Waals surface area (Å²) in [7, 11) is 0. The van der Waals surface area contributed by atoms with Gasteiger partial charge < -0.3 is 4.90 Å². The number of hydrogen-bond donors (Lipinski definition) is 0. The van der Waals surface area contributed by atoms with Gasteiger partial charge in [-0.05, 0) is 42.8 Å². The summed E-state index contributed by atoms with van der Waals surface area (Å²) in [4.78, 5) is 15.7. The number of rotatable bonds is 1. The van der Waals surface area contributed by atoms with Gasteiger partial charge in [0.1, 0.15) is 5.82 Å². The normalized spacial score (nSPS) is 18.0. The Hall–Kier alpha value is -1.81. The molecule has 0 saturated carbocycles. The van der Waals surface area contributed by atoms with Crippen LogP contribution in [0.2, 0.25) is 0 Å². The number of fused-ring (bicyclic) bond motifs is 1. The molecule has 0 unspecified atom stereocenters. The Morgan fingerprint density at radius 1 is 1.19 bits per heavy atom. The van der Waals surface area contributed by atoms with E-state index in [4.69, 9.17) is 0 Å². The monoisotopic (exact) mass is 301 g/mol. The third kappa shape index (κ3) is 2.95. The molecule has 0 radical (unpaired) electrons. The second kappa shape index (κ2) is 5.90. The number of anilines is 1. The summed E-state index contributed by atoms with van der Waals surface area (Å²) in [6, 6.07) is 13.7. The molecule has 2 aromatic carbocycles. The molecule has 1 amide bonds. The Kier molecular flexibility index (Phi) is 3.97. The molecule has 4 heteroatoms. The summed E-state index contributed by atoms with van der Waals surface area (Å²) >= 11 is 1.80. The number of halogens is 1. The lowest BCUT2D eigenvalue weighted by molar-refractivity contribution is 0.0986. The van der Waals surface area contributed by atoms with Crippen LogP contribution in [-0.4, -0.2) is 17.7 Å². The molecule has 1 aliphatic heterocycles. The molecule has 21 heavy (non-hydrogen) atoms. The van der Waals surface area contributed by atoms with E-state index in [1.165, 1.54) is 12.1 Å². The van der Waals surface area contributed by atoms with E-state index < -0.39 is 0 Å². The van der Waals surface area contributed by atoms with Crippen LogP contribution < -0.4 is 4.90 Å². The molecule has 0 aromatic heterocycles. The molecular weight excluding hydrogens is 285 g/mol. The van der Waals surface area contributed by atoms with Crippen LogP contribution in [0.25, 0.3) is 0 Å². The van der Waals surface area contributed by atoms with Gasteiger partial charge in [0.25, 0.3) is 5.91 Å². The number of amides is 1. The van der Waals surface area contributed by atoms with Crippen LogP contribution in [0.5, 0.6) is 0 Å². The summed E-state index contributed by atoms with van der Waals surface area (Å²) < 4.78 is 13.0. The van der Waals surface area contributed by atoms with Crippen molar-refractivity contribution >= 4 is 23.4 Å². The van der Waals surface area contributed by atoms with E-state index in [2.05, 4.69) is 6.92 Å². The highest BCUT2D eigenvalue weighted by Crippen LogP contribution is 2.37. The molecule has 108 valence electrons. The van der Waals surface area contributed by atoms with Crippen molar-refractivity contribution in [2.24, 2.45) is 0 Å². The molecule has 0 aliphatic carbocycles. The van der Waals surface area contributed by atoms with Crippen LogP contribution in [0.15, 0.2) is 53.4 Å². The summed E-state index contributed by atoms with van der Waals surface area (Å²) in [6.07, 6.45) is 0.937. The average molecular weight is 301 g/mol. The quantitative estimate of drug-likeness (QED) is 0.780. The molecule has 0 bridgehead atoms. The maximum Gasteiger partial charge on any atom is 0.258 e. The lowest BCUT2D eigenvalue weighted by Crippen LogP contribution is -2.32. The van der Waals surface area contributed by atoms with E-state index >= 15 is 0 Å². The third-order valence-corrected chi connectivity index (χ3v) is 4.82. The molecule has 0 saturated heterocycles. The average Bonchev–Trinajstić information content (AvgIpc) is 2.65. The largest absolute Gasteiger partial charge is 0.307 e. The molecule has 2 nitrogen and oxygen atoms in total. The highest BCUT2D eigenvalue weighted by Gasteiger charge is 2.24. The highest BCUT2D eigenvalue weighted by molar-refractivity contribution is 8.00. The second-order valence-electron chi connectivity index (χ2n) is 5.15.